The first-order valence-corrected chi connectivity index (χ1v) is 14.1. The Balaban J connectivity index is 1.22. The molecule has 5 nitrogen and oxygen atoms in total. The van der Waals surface area contributed by atoms with E-state index >= 15 is 0 Å². The van der Waals surface area contributed by atoms with Crippen molar-refractivity contribution in [3.8, 4) is 0 Å². The molecule has 0 amide bonds. The van der Waals surface area contributed by atoms with E-state index in [1.165, 1.54) is 35.6 Å². The van der Waals surface area contributed by atoms with Gasteiger partial charge in [-0.3, -0.25) is 4.79 Å². The summed E-state index contributed by atoms with van der Waals surface area (Å²) in [6, 6.07) is 19.0. The number of fused-ring (bicyclic) bond motifs is 2. The third kappa shape index (κ3) is 4.63. The minimum Gasteiger partial charge on any atom is -0.380 e. The molecule has 8 heteroatoms. The topological polar surface area (TPSA) is 57.4 Å². The molecule has 1 saturated heterocycles. The van der Waals surface area contributed by atoms with Gasteiger partial charge < -0.3 is 19.9 Å². The van der Waals surface area contributed by atoms with E-state index in [9.17, 15) is 4.79 Å². The van der Waals surface area contributed by atoms with E-state index in [-0.39, 0.29) is 11.7 Å². The van der Waals surface area contributed by atoms with E-state index < -0.39 is 0 Å². The molecule has 6 rings (SSSR count). The Kier molecular flexibility index (Phi) is 6.37. The maximum atomic E-state index is 12.3. The first-order chi connectivity index (χ1) is 17.2. The lowest BCUT2D eigenvalue weighted by Gasteiger charge is -2.35. The fourth-order valence-corrected chi connectivity index (χ4v) is 7.77. The zero-order valence-corrected chi connectivity index (χ0v) is 21.7. The highest BCUT2D eigenvalue weighted by atomic mass is 32.2. The Bertz CT molecular complexity index is 1430. The van der Waals surface area contributed by atoms with Gasteiger partial charge in [-0.2, -0.15) is 0 Å². The van der Waals surface area contributed by atoms with Gasteiger partial charge in [0, 0.05) is 56.0 Å². The lowest BCUT2D eigenvalue weighted by Crippen LogP contribution is -2.41. The predicted octanol–water partition coefficient (Wildman–Crippen LogP) is 6.55. The van der Waals surface area contributed by atoms with Gasteiger partial charge in [-0.25, -0.2) is 0 Å². The summed E-state index contributed by atoms with van der Waals surface area (Å²) in [7, 11) is 0. The average Bonchev–Trinajstić information content (AvgIpc) is 3.30. The molecule has 1 atom stereocenters. The van der Waals surface area contributed by atoms with Gasteiger partial charge >= 0.3 is 0 Å². The number of pyridine rings is 1. The molecular weight excluding hydrogens is 495 g/mol. The molecule has 4 heterocycles. The molecule has 2 aliphatic rings. The number of morpholine rings is 1. The minimum absolute atomic E-state index is 0.0549. The number of rotatable bonds is 5. The van der Waals surface area contributed by atoms with Gasteiger partial charge in [0.25, 0.3) is 5.56 Å². The number of hydrogen-bond acceptors (Lipinski definition) is 7. The lowest BCUT2D eigenvalue weighted by atomic mass is 10.1. The summed E-state index contributed by atoms with van der Waals surface area (Å²) < 4.78 is 6.22. The second-order valence-electron chi connectivity index (χ2n) is 8.61. The zero-order chi connectivity index (χ0) is 23.8. The van der Waals surface area contributed by atoms with E-state index in [2.05, 4.69) is 70.0 Å². The molecule has 0 saturated carbocycles. The molecule has 2 N–H and O–H groups in total. The van der Waals surface area contributed by atoms with Gasteiger partial charge in [0.05, 0.1) is 6.61 Å². The quantitative estimate of drug-likeness (QED) is 0.275. The van der Waals surface area contributed by atoms with Gasteiger partial charge in [0.2, 0.25) is 0 Å². The molecule has 0 aliphatic carbocycles. The van der Waals surface area contributed by atoms with Crippen LogP contribution in [0.25, 0.3) is 0 Å². The van der Waals surface area contributed by atoms with Crippen LogP contribution in [0.15, 0.2) is 90.6 Å². The van der Waals surface area contributed by atoms with Crippen LogP contribution in [0.4, 0.5) is 11.4 Å². The molecule has 1 unspecified atom stereocenters. The smallest absolute Gasteiger partial charge is 0.271 e. The molecule has 2 aromatic heterocycles. The van der Waals surface area contributed by atoms with Crippen LogP contribution in [0, 0.1) is 6.92 Å². The number of anilines is 2. The molecule has 2 aliphatic heterocycles. The van der Waals surface area contributed by atoms with Gasteiger partial charge in [-0.05, 0) is 65.9 Å². The summed E-state index contributed by atoms with van der Waals surface area (Å²) in [5, 5.41) is 5.73. The fourth-order valence-electron chi connectivity index (χ4n) is 4.47. The summed E-state index contributed by atoms with van der Waals surface area (Å²) in [5.41, 5.74) is 4.32. The third-order valence-corrected chi connectivity index (χ3v) is 9.99. The van der Waals surface area contributed by atoms with Crippen molar-refractivity contribution in [1.82, 2.24) is 4.98 Å². The largest absolute Gasteiger partial charge is 0.380 e. The van der Waals surface area contributed by atoms with Gasteiger partial charge in [-0.15, -0.1) is 11.3 Å². The second kappa shape index (κ2) is 9.78. The van der Waals surface area contributed by atoms with Gasteiger partial charge in [0.1, 0.15) is 11.8 Å². The van der Waals surface area contributed by atoms with Crippen LogP contribution in [0.2, 0.25) is 0 Å². The molecule has 4 aromatic rings. The van der Waals surface area contributed by atoms with Crippen molar-refractivity contribution in [2.75, 3.05) is 29.9 Å². The van der Waals surface area contributed by atoms with Crippen molar-refractivity contribution in [1.29, 1.82) is 0 Å². The number of nitrogens with one attached hydrogen (secondary N) is 2. The Labute approximate surface area is 216 Å². The fraction of sp³-hybridized carbons (Fsp3) is 0.222. The highest BCUT2D eigenvalue weighted by molar-refractivity contribution is 8.05. The number of hydrogen-bond donors (Lipinski definition) is 2. The maximum absolute atomic E-state index is 12.3. The summed E-state index contributed by atoms with van der Waals surface area (Å²) in [5.74, 6) is 0. The van der Waals surface area contributed by atoms with Crippen LogP contribution in [0.5, 0.6) is 0 Å². The van der Waals surface area contributed by atoms with Crippen molar-refractivity contribution in [2.45, 2.75) is 39.2 Å². The van der Waals surface area contributed by atoms with E-state index in [0.717, 1.165) is 12.2 Å². The normalized spacial score (nSPS) is 17.1. The second-order valence-corrected chi connectivity index (χ2v) is 11.7. The first kappa shape index (κ1) is 22.8. The van der Waals surface area contributed by atoms with Crippen molar-refractivity contribution >= 4 is 46.2 Å². The number of aromatic nitrogens is 1. The highest BCUT2D eigenvalue weighted by Gasteiger charge is 2.29. The van der Waals surface area contributed by atoms with Crippen LogP contribution in [-0.2, 0) is 11.3 Å². The Morgan fingerprint density at radius 2 is 2.03 bits per heavy atom. The number of H-pyrrole nitrogens is 1. The van der Waals surface area contributed by atoms with Crippen LogP contribution >= 0.6 is 34.9 Å². The van der Waals surface area contributed by atoms with E-state index in [1.54, 1.807) is 17.5 Å². The lowest BCUT2D eigenvalue weighted by molar-refractivity contribution is 0.0378. The van der Waals surface area contributed by atoms with E-state index in [0.29, 0.717) is 25.4 Å². The molecule has 1 fully saturated rings. The first-order valence-electron chi connectivity index (χ1n) is 11.6. The predicted molar refractivity (Wildman–Crippen MR) is 145 cm³/mol. The van der Waals surface area contributed by atoms with Crippen molar-refractivity contribution in [2.24, 2.45) is 0 Å². The highest BCUT2D eigenvalue weighted by Crippen LogP contribution is 2.51. The molecule has 2 aromatic carbocycles. The van der Waals surface area contributed by atoms with Crippen molar-refractivity contribution in [3.63, 3.8) is 0 Å². The van der Waals surface area contributed by atoms with Crippen LogP contribution < -0.4 is 15.8 Å². The van der Waals surface area contributed by atoms with Crippen molar-refractivity contribution < 1.29 is 4.74 Å². The van der Waals surface area contributed by atoms with Gasteiger partial charge in [-0.1, -0.05) is 35.7 Å². The number of ether oxygens (including phenoxy) is 1. The number of thiophene rings is 1. The maximum Gasteiger partial charge on any atom is 0.271 e. The number of benzene rings is 2. The Morgan fingerprint density at radius 1 is 1.09 bits per heavy atom. The SMILES string of the molecule is Cc1ccsc1CNc1ccc2c(c1)Sc1cccc(C3CN(c4ccc[nH]c4=O)CCO3)c1S2. The monoisotopic (exact) mass is 519 g/mol. The molecule has 0 bridgehead atoms. The Morgan fingerprint density at radius 3 is 2.89 bits per heavy atom. The van der Waals surface area contributed by atoms with Crippen LogP contribution in [-0.4, -0.2) is 24.7 Å². The molecule has 178 valence electrons. The van der Waals surface area contributed by atoms with E-state index in [4.69, 9.17) is 4.74 Å². The molecule has 35 heavy (non-hydrogen) atoms. The minimum atomic E-state index is -0.0806. The molecular formula is C27H25N3O2S3. The van der Waals surface area contributed by atoms with Crippen LogP contribution in [0.1, 0.15) is 22.1 Å². The van der Waals surface area contributed by atoms with Crippen LogP contribution in [0.3, 0.4) is 0 Å². The summed E-state index contributed by atoms with van der Waals surface area (Å²) in [6.07, 6.45) is 1.59. The molecule has 0 spiro atoms. The zero-order valence-electron chi connectivity index (χ0n) is 19.2. The summed E-state index contributed by atoms with van der Waals surface area (Å²) >= 11 is 5.43. The average molecular weight is 520 g/mol. The van der Waals surface area contributed by atoms with Crippen molar-refractivity contribution in [3.05, 3.63) is 92.5 Å². The summed E-state index contributed by atoms with van der Waals surface area (Å²) in [6.45, 7) is 4.97. The summed E-state index contributed by atoms with van der Waals surface area (Å²) in [4.78, 5) is 23.7. The number of aryl methyl sites for hydroxylation is 1. The third-order valence-electron chi connectivity index (χ3n) is 6.36. The number of nitrogens with zero attached hydrogens (tertiary/aromatic N) is 1. The molecule has 0 radical (unpaired) electrons. The van der Waals surface area contributed by atoms with E-state index in [1.807, 2.05) is 35.7 Å². The van der Waals surface area contributed by atoms with Gasteiger partial charge in [0.15, 0.2) is 0 Å². The number of aromatic amines is 1. The standard InChI is InChI=1S/C27H25N3O2S3/c1-17-9-13-33-25(17)15-29-18-7-8-22-24(14-18)34-23-6-2-4-19(26(23)35-22)21-16-30(11-12-32-21)20-5-3-10-28-27(20)31/h2-10,13-14,21,29H,11-12,15-16H2,1H3,(H,28,31). The Hall–Kier alpha value is -2.65.